The third-order valence-electron chi connectivity index (χ3n) is 3.36. The van der Waals surface area contributed by atoms with Gasteiger partial charge >= 0.3 is 0 Å². The Bertz CT molecular complexity index is 375. The summed E-state index contributed by atoms with van der Waals surface area (Å²) in [5.74, 6) is 0.289. The molecule has 1 saturated heterocycles. The molecule has 92 valence electrons. The van der Waals surface area contributed by atoms with Crippen molar-refractivity contribution in [2.45, 2.75) is 26.3 Å². The van der Waals surface area contributed by atoms with Crippen molar-refractivity contribution in [1.29, 1.82) is 0 Å². The zero-order valence-electron chi connectivity index (χ0n) is 10.5. The quantitative estimate of drug-likeness (QED) is 0.867. The molecule has 0 aliphatic carbocycles. The van der Waals surface area contributed by atoms with E-state index in [-0.39, 0.29) is 11.8 Å². The molecule has 3 heteroatoms. The summed E-state index contributed by atoms with van der Waals surface area (Å²) < 4.78 is 0. The maximum Gasteiger partial charge on any atom is 0.228 e. The molecular formula is C14H20N2O. The van der Waals surface area contributed by atoms with Crippen LogP contribution in [0.15, 0.2) is 30.3 Å². The Morgan fingerprint density at radius 1 is 1.35 bits per heavy atom. The maximum atomic E-state index is 12.0. The van der Waals surface area contributed by atoms with Gasteiger partial charge in [-0.05, 0) is 38.9 Å². The van der Waals surface area contributed by atoms with Crippen molar-refractivity contribution in [2.75, 3.05) is 18.4 Å². The number of benzene rings is 1. The van der Waals surface area contributed by atoms with E-state index in [1.807, 2.05) is 30.3 Å². The van der Waals surface area contributed by atoms with Gasteiger partial charge in [-0.25, -0.2) is 0 Å². The van der Waals surface area contributed by atoms with Crippen molar-refractivity contribution in [3.63, 3.8) is 0 Å². The Balaban J connectivity index is 1.90. The van der Waals surface area contributed by atoms with E-state index in [1.54, 1.807) is 0 Å². The molecule has 2 rings (SSSR count). The van der Waals surface area contributed by atoms with Crippen LogP contribution in [0.4, 0.5) is 5.69 Å². The molecule has 0 saturated carbocycles. The molecule has 1 atom stereocenters. The van der Waals surface area contributed by atoms with Crippen LogP contribution in [0, 0.1) is 5.92 Å². The summed E-state index contributed by atoms with van der Waals surface area (Å²) in [5, 5.41) is 2.98. The zero-order chi connectivity index (χ0) is 12.3. The fraction of sp³-hybridized carbons (Fsp3) is 0.500. The van der Waals surface area contributed by atoms with Gasteiger partial charge in [0.15, 0.2) is 0 Å². The number of carbonyl (C=O) groups is 1. The minimum absolute atomic E-state index is 0.137. The lowest BCUT2D eigenvalue weighted by Crippen LogP contribution is -2.31. The van der Waals surface area contributed by atoms with Gasteiger partial charge in [-0.15, -0.1) is 0 Å². The van der Waals surface area contributed by atoms with Gasteiger partial charge < -0.3 is 10.2 Å². The molecule has 1 heterocycles. The van der Waals surface area contributed by atoms with Gasteiger partial charge in [0.2, 0.25) is 5.91 Å². The fourth-order valence-electron chi connectivity index (χ4n) is 2.24. The Kier molecular flexibility index (Phi) is 3.79. The van der Waals surface area contributed by atoms with Crippen LogP contribution in [0.5, 0.6) is 0 Å². The number of nitrogens with zero attached hydrogens (tertiary/aromatic N) is 1. The maximum absolute atomic E-state index is 12.0. The summed E-state index contributed by atoms with van der Waals surface area (Å²) >= 11 is 0. The predicted molar refractivity (Wildman–Crippen MR) is 69.9 cm³/mol. The average Bonchev–Trinajstić information content (AvgIpc) is 2.79. The molecular weight excluding hydrogens is 212 g/mol. The molecule has 3 nitrogen and oxygen atoms in total. The van der Waals surface area contributed by atoms with Crippen LogP contribution in [0.3, 0.4) is 0 Å². The highest BCUT2D eigenvalue weighted by atomic mass is 16.1. The van der Waals surface area contributed by atoms with Crippen molar-refractivity contribution in [2.24, 2.45) is 5.92 Å². The Morgan fingerprint density at radius 2 is 2.06 bits per heavy atom. The minimum Gasteiger partial charge on any atom is -0.326 e. The van der Waals surface area contributed by atoms with Crippen molar-refractivity contribution < 1.29 is 4.79 Å². The van der Waals surface area contributed by atoms with Crippen LogP contribution in [0.1, 0.15) is 20.3 Å². The number of likely N-dealkylation sites (tertiary alicyclic amines) is 1. The lowest BCUT2D eigenvalue weighted by molar-refractivity contribution is -0.119. The zero-order valence-corrected chi connectivity index (χ0v) is 10.5. The fourth-order valence-corrected chi connectivity index (χ4v) is 2.24. The Morgan fingerprint density at radius 3 is 2.65 bits per heavy atom. The molecule has 1 aliphatic rings. The summed E-state index contributed by atoms with van der Waals surface area (Å²) in [5.41, 5.74) is 0.889. The molecule has 0 spiro atoms. The van der Waals surface area contributed by atoms with Gasteiger partial charge in [-0.3, -0.25) is 4.79 Å². The Hall–Kier alpha value is -1.35. The number of para-hydroxylation sites is 1. The summed E-state index contributed by atoms with van der Waals surface area (Å²) in [6.45, 7) is 6.27. The first-order valence-corrected chi connectivity index (χ1v) is 6.27. The van der Waals surface area contributed by atoms with Gasteiger partial charge in [0.05, 0.1) is 5.92 Å². The van der Waals surface area contributed by atoms with Crippen LogP contribution in [0.2, 0.25) is 0 Å². The van der Waals surface area contributed by atoms with Gasteiger partial charge in [0.1, 0.15) is 0 Å². The third-order valence-corrected chi connectivity index (χ3v) is 3.36. The SMILES string of the molecule is CC(C)N1CCC(C(=O)Nc2ccccc2)C1. The number of nitrogens with one attached hydrogen (secondary N) is 1. The van der Waals surface area contributed by atoms with E-state index in [4.69, 9.17) is 0 Å². The van der Waals surface area contributed by atoms with Crippen LogP contribution in [0.25, 0.3) is 0 Å². The molecule has 0 bridgehead atoms. The average molecular weight is 232 g/mol. The van der Waals surface area contributed by atoms with Crippen LogP contribution >= 0.6 is 0 Å². The van der Waals surface area contributed by atoms with Gasteiger partial charge in [0, 0.05) is 18.3 Å². The molecule has 17 heavy (non-hydrogen) atoms. The highest BCUT2D eigenvalue weighted by Gasteiger charge is 2.29. The van der Waals surface area contributed by atoms with E-state index in [0.29, 0.717) is 6.04 Å². The molecule has 1 unspecified atom stereocenters. The molecule has 1 aromatic carbocycles. The molecule has 1 N–H and O–H groups in total. The number of amides is 1. The second-order valence-corrected chi connectivity index (χ2v) is 4.93. The second-order valence-electron chi connectivity index (χ2n) is 4.93. The first kappa shape index (κ1) is 12.1. The minimum atomic E-state index is 0.137. The normalized spacial score (nSPS) is 20.8. The highest BCUT2D eigenvalue weighted by Crippen LogP contribution is 2.20. The largest absolute Gasteiger partial charge is 0.326 e. The molecule has 0 radical (unpaired) electrons. The lowest BCUT2D eigenvalue weighted by Gasteiger charge is -2.19. The van der Waals surface area contributed by atoms with E-state index in [1.165, 1.54) is 0 Å². The van der Waals surface area contributed by atoms with E-state index < -0.39 is 0 Å². The first-order chi connectivity index (χ1) is 8.16. The summed E-state index contributed by atoms with van der Waals surface area (Å²) in [4.78, 5) is 14.4. The Labute approximate surface area is 103 Å². The smallest absolute Gasteiger partial charge is 0.228 e. The van der Waals surface area contributed by atoms with Gasteiger partial charge in [-0.1, -0.05) is 18.2 Å². The third kappa shape index (κ3) is 3.07. The van der Waals surface area contributed by atoms with Crippen molar-refractivity contribution in [3.05, 3.63) is 30.3 Å². The highest BCUT2D eigenvalue weighted by molar-refractivity contribution is 5.92. The van der Waals surface area contributed by atoms with Gasteiger partial charge in [-0.2, -0.15) is 0 Å². The standard InChI is InChI=1S/C14H20N2O/c1-11(2)16-9-8-12(10-16)14(17)15-13-6-4-3-5-7-13/h3-7,11-12H,8-10H2,1-2H3,(H,15,17). The predicted octanol–water partition coefficient (Wildman–Crippen LogP) is 2.36. The van der Waals surface area contributed by atoms with Crippen LogP contribution in [-0.2, 0) is 4.79 Å². The van der Waals surface area contributed by atoms with Crippen molar-refractivity contribution in [3.8, 4) is 0 Å². The van der Waals surface area contributed by atoms with E-state index in [0.717, 1.165) is 25.2 Å². The van der Waals surface area contributed by atoms with E-state index in [2.05, 4.69) is 24.1 Å². The molecule has 0 aromatic heterocycles. The monoisotopic (exact) mass is 232 g/mol. The van der Waals surface area contributed by atoms with Gasteiger partial charge in [0.25, 0.3) is 0 Å². The first-order valence-electron chi connectivity index (χ1n) is 6.27. The number of carbonyl (C=O) groups excluding carboxylic acids is 1. The van der Waals surface area contributed by atoms with E-state index in [9.17, 15) is 4.79 Å². The number of hydrogen-bond acceptors (Lipinski definition) is 2. The second kappa shape index (κ2) is 5.32. The topological polar surface area (TPSA) is 32.3 Å². The van der Waals surface area contributed by atoms with Crippen LogP contribution < -0.4 is 5.32 Å². The van der Waals surface area contributed by atoms with Crippen LogP contribution in [-0.4, -0.2) is 29.9 Å². The summed E-state index contributed by atoms with van der Waals surface area (Å²) in [7, 11) is 0. The van der Waals surface area contributed by atoms with E-state index >= 15 is 0 Å². The number of anilines is 1. The lowest BCUT2D eigenvalue weighted by atomic mass is 10.1. The summed E-state index contributed by atoms with van der Waals surface area (Å²) in [6.07, 6.45) is 0.969. The number of hydrogen-bond donors (Lipinski definition) is 1. The van der Waals surface area contributed by atoms with Crippen molar-refractivity contribution in [1.82, 2.24) is 4.90 Å². The van der Waals surface area contributed by atoms with Crippen molar-refractivity contribution >= 4 is 11.6 Å². The number of rotatable bonds is 3. The molecule has 1 aromatic rings. The molecule has 1 fully saturated rings. The molecule has 1 amide bonds. The molecule has 1 aliphatic heterocycles. The summed E-state index contributed by atoms with van der Waals surface area (Å²) in [6, 6.07) is 10.2.